The zero-order valence-corrected chi connectivity index (χ0v) is 16.0. The first-order valence-corrected chi connectivity index (χ1v) is 9.10. The maximum Gasteiger partial charge on any atom is 0.433 e. The summed E-state index contributed by atoms with van der Waals surface area (Å²) in [6.45, 7) is 7.54. The molecule has 7 heteroatoms. The van der Waals surface area contributed by atoms with Crippen molar-refractivity contribution in [3.05, 3.63) is 65.5 Å². The summed E-state index contributed by atoms with van der Waals surface area (Å²) in [6.07, 6.45) is -2.00. The van der Waals surface area contributed by atoms with E-state index in [9.17, 15) is 28.5 Å². The van der Waals surface area contributed by atoms with E-state index in [-0.39, 0.29) is 34.1 Å². The molecule has 154 valence electrons. The third-order valence-electron chi connectivity index (χ3n) is 5.37. The summed E-state index contributed by atoms with van der Waals surface area (Å²) >= 11 is 0. The predicted octanol–water partition coefficient (Wildman–Crippen LogP) is 5.17. The van der Waals surface area contributed by atoms with Crippen LogP contribution < -0.4 is 0 Å². The minimum atomic E-state index is -4.60. The summed E-state index contributed by atoms with van der Waals surface area (Å²) in [5, 5.41) is 31.4. The van der Waals surface area contributed by atoms with Crippen molar-refractivity contribution < 1.29 is 28.5 Å². The fourth-order valence-electron chi connectivity index (χ4n) is 3.77. The second kappa shape index (κ2) is 7.55. The number of rotatable bonds is 3. The number of aliphatic hydroxyl groups is 1. The van der Waals surface area contributed by atoms with Gasteiger partial charge in [0.15, 0.2) is 0 Å². The quantitative estimate of drug-likeness (QED) is 0.617. The lowest BCUT2D eigenvalue weighted by Crippen LogP contribution is -2.26. The molecule has 29 heavy (non-hydrogen) atoms. The lowest BCUT2D eigenvalue weighted by Gasteiger charge is -2.34. The van der Waals surface area contributed by atoms with Crippen LogP contribution in [0.1, 0.15) is 37.4 Å². The van der Waals surface area contributed by atoms with Gasteiger partial charge in [-0.05, 0) is 67.2 Å². The molecular formula is C22H22F3NO3. The second-order valence-electron chi connectivity index (χ2n) is 7.50. The molecule has 0 radical (unpaired) electrons. The summed E-state index contributed by atoms with van der Waals surface area (Å²) in [7, 11) is 0. The molecule has 1 heterocycles. The van der Waals surface area contributed by atoms with Crippen molar-refractivity contribution in [2.75, 3.05) is 0 Å². The lowest BCUT2D eigenvalue weighted by atomic mass is 9.72. The third kappa shape index (κ3) is 4.15. The Morgan fingerprint density at radius 2 is 1.76 bits per heavy atom. The number of hydrogen-bond acceptors (Lipinski definition) is 4. The van der Waals surface area contributed by atoms with E-state index in [0.29, 0.717) is 6.42 Å². The molecule has 4 nitrogen and oxygen atoms in total. The smallest absolute Gasteiger partial charge is 0.433 e. The summed E-state index contributed by atoms with van der Waals surface area (Å²) in [5.74, 6) is -1.08. The van der Waals surface area contributed by atoms with Crippen LogP contribution in [0, 0.1) is 5.92 Å². The van der Waals surface area contributed by atoms with Gasteiger partial charge in [0.05, 0.1) is 6.10 Å². The number of nitrogens with zero attached hydrogens (tertiary/aromatic N) is 1. The molecule has 3 atom stereocenters. The van der Waals surface area contributed by atoms with Crippen molar-refractivity contribution in [1.82, 2.24) is 4.98 Å². The third-order valence-corrected chi connectivity index (χ3v) is 5.37. The number of pyridine rings is 1. The van der Waals surface area contributed by atoms with Gasteiger partial charge >= 0.3 is 6.18 Å². The van der Waals surface area contributed by atoms with Gasteiger partial charge in [0.1, 0.15) is 17.2 Å². The molecule has 3 N–H and O–H groups in total. The molecule has 0 fully saturated rings. The topological polar surface area (TPSA) is 73.6 Å². The second-order valence-corrected chi connectivity index (χ2v) is 7.50. The highest BCUT2D eigenvalue weighted by Crippen LogP contribution is 2.47. The molecule has 1 aliphatic carbocycles. The van der Waals surface area contributed by atoms with Crippen LogP contribution in [0.4, 0.5) is 13.2 Å². The van der Waals surface area contributed by atoms with Crippen molar-refractivity contribution in [3.63, 3.8) is 0 Å². The first-order chi connectivity index (χ1) is 13.5. The Morgan fingerprint density at radius 3 is 2.31 bits per heavy atom. The molecule has 0 bridgehead atoms. The molecule has 1 aromatic heterocycles. The first-order valence-electron chi connectivity index (χ1n) is 9.10. The Labute approximate surface area is 166 Å². The molecular weight excluding hydrogens is 383 g/mol. The van der Waals surface area contributed by atoms with Crippen LogP contribution in [0.2, 0.25) is 0 Å². The number of benzene rings is 1. The van der Waals surface area contributed by atoms with E-state index in [4.69, 9.17) is 0 Å². The molecule has 0 saturated carbocycles. The van der Waals surface area contributed by atoms with Gasteiger partial charge in [-0.25, -0.2) is 0 Å². The number of phenols is 2. The molecule has 0 saturated heterocycles. The maximum atomic E-state index is 12.9. The van der Waals surface area contributed by atoms with E-state index in [1.54, 1.807) is 13.0 Å². The van der Waals surface area contributed by atoms with Crippen molar-refractivity contribution in [1.29, 1.82) is 0 Å². The Balaban J connectivity index is 2.08. The molecule has 0 amide bonds. The zero-order chi connectivity index (χ0) is 21.5. The molecule has 1 aromatic carbocycles. The van der Waals surface area contributed by atoms with Gasteiger partial charge in [0.25, 0.3) is 0 Å². The molecule has 0 aliphatic heterocycles. The highest BCUT2D eigenvalue weighted by molar-refractivity contribution is 5.70. The summed E-state index contributed by atoms with van der Waals surface area (Å²) in [5.41, 5.74) is 1.13. The highest BCUT2D eigenvalue weighted by Gasteiger charge is 2.34. The van der Waals surface area contributed by atoms with Crippen molar-refractivity contribution in [3.8, 4) is 22.6 Å². The van der Waals surface area contributed by atoms with Crippen LogP contribution in [0.15, 0.2) is 54.3 Å². The molecule has 3 rings (SSSR count). The highest BCUT2D eigenvalue weighted by atomic mass is 19.4. The van der Waals surface area contributed by atoms with Crippen molar-refractivity contribution in [2.24, 2.45) is 5.92 Å². The predicted molar refractivity (Wildman–Crippen MR) is 103 cm³/mol. The van der Waals surface area contributed by atoms with Crippen LogP contribution in [-0.2, 0) is 6.18 Å². The van der Waals surface area contributed by atoms with E-state index in [2.05, 4.69) is 11.6 Å². The number of phenolic OH excluding ortho intramolecular Hbond substituents is 2. The number of aromatic hydroxyl groups is 2. The number of allylic oxidation sites excluding steroid dienone is 2. The van der Waals surface area contributed by atoms with Gasteiger partial charge in [0, 0.05) is 17.7 Å². The SMILES string of the molecule is C=C(C)[C@@H]1C[C@H](O)C(C)=C[C@H]1c1c(O)cc(-c2ccnc(C(F)(F)F)c2)cc1O. The van der Waals surface area contributed by atoms with Gasteiger partial charge in [0.2, 0.25) is 0 Å². The van der Waals surface area contributed by atoms with E-state index in [1.807, 2.05) is 6.92 Å². The number of alkyl halides is 3. The molecule has 1 aliphatic rings. The summed E-state index contributed by atoms with van der Waals surface area (Å²) in [4.78, 5) is 3.33. The minimum Gasteiger partial charge on any atom is -0.507 e. The van der Waals surface area contributed by atoms with E-state index in [0.717, 1.165) is 23.4 Å². The van der Waals surface area contributed by atoms with Crippen LogP contribution in [0.25, 0.3) is 11.1 Å². The van der Waals surface area contributed by atoms with Crippen molar-refractivity contribution >= 4 is 0 Å². The Hall–Kier alpha value is -2.80. The van der Waals surface area contributed by atoms with Crippen LogP contribution >= 0.6 is 0 Å². The lowest BCUT2D eigenvalue weighted by molar-refractivity contribution is -0.141. The van der Waals surface area contributed by atoms with Gasteiger partial charge < -0.3 is 15.3 Å². The average Bonchev–Trinajstić information content (AvgIpc) is 2.63. The number of aromatic nitrogens is 1. The molecule has 2 aromatic rings. The average molecular weight is 405 g/mol. The standard InChI is InChI=1S/C22H22F3NO3/c1-11(2)15-10-17(27)12(3)6-16(15)21-18(28)7-14(8-19(21)29)13-4-5-26-20(9-13)22(23,24)25/h4-9,15-17,27-29H,1,10H2,2-3H3/t15-,16+,17-/m0/s1. The Kier molecular flexibility index (Phi) is 5.45. The Bertz CT molecular complexity index is 959. The van der Waals surface area contributed by atoms with E-state index >= 15 is 0 Å². The van der Waals surface area contributed by atoms with Crippen LogP contribution in [-0.4, -0.2) is 26.4 Å². The normalized spacial score (nSPS) is 22.3. The van der Waals surface area contributed by atoms with Crippen molar-refractivity contribution in [2.45, 2.75) is 38.5 Å². The van der Waals surface area contributed by atoms with Crippen LogP contribution in [0.5, 0.6) is 11.5 Å². The maximum absolute atomic E-state index is 12.9. The summed E-state index contributed by atoms with van der Waals surface area (Å²) < 4.78 is 38.8. The van der Waals surface area contributed by atoms with E-state index in [1.165, 1.54) is 18.2 Å². The Morgan fingerprint density at radius 1 is 1.14 bits per heavy atom. The fourth-order valence-corrected chi connectivity index (χ4v) is 3.77. The molecule has 0 unspecified atom stereocenters. The van der Waals surface area contributed by atoms with Gasteiger partial charge in [-0.15, -0.1) is 0 Å². The zero-order valence-electron chi connectivity index (χ0n) is 16.0. The van der Waals surface area contributed by atoms with E-state index < -0.39 is 23.9 Å². The number of halogens is 3. The summed E-state index contributed by atoms with van der Waals surface area (Å²) in [6, 6.07) is 4.90. The first kappa shape index (κ1) is 20.9. The molecule has 0 spiro atoms. The minimum absolute atomic E-state index is 0.173. The fraction of sp³-hybridized carbons (Fsp3) is 0.318. The van der Waals surface area contributed by atoms with Gasteiger partial charge in [-0.2, -0.15) is 13.2 Å². The van der Waals surface area contributed by atoms with Gasteiger partial charge in [-0.3, -0.25) is 4.98 Å². The number of aliphatic hydroxyl groups excluding tert-OH is 1. The van der Waals surface area contributed by atoms with Crippen LogP contribution in [0.3, 0.4) is 0 Å². The van der Waals surface area contributed by atoms with Gasteiger partial charge in [-0.1, -0.05) is 18.2 Å². The monoisotopic (exact) mass is 405 g/mol. The largest absolute Gasteiger partial charge is 0.507 e. The number of hydrogen-bond donors (Lipinski definition) is 3.